The highest BCUT2D eigenvalue weighted by Gasteiger charge is 2.87. The zero-order chi connectivity index (χ0) is 30.8. The van der Waals surface area contributed by atoms with E-state index in [-0.39, 0.29) is 35.3 Å². The Morgan fingerprint density at radius 2 is 1.93 bits per heavy atom. The molecule has 1 heterocycles. The average Bonchev–Trinajstić information content (AvgIpc) is 3.67. The maximum Gasteiger partial charge on any atom is 0.341 e. The van der Waals surface area contributed by atoms with Crippen molar-refractivity contribution >= 4 is 51.0 Å². The quantitative estimate of drug-likeness (QED) is 0.0874. The Hall–Kier alpha value is -2.78. The summed E-state index contributed by atoms with van der Waals surface area (Å²) in [4.78, 5) is 25.0. The summed E-state index contributed by atoms with van der Waals surface area (Å²) >= 11 is 5.37. The minimum absolute atomic E-state index is 0.209. The molecule has 2 spiro atoms. The molecule has 7 nitrogen and oxygen atoms in total. The van der Waals surface area contributed by atoms with Gasteiger partial charge in [0.1, 0.15) is 11.5 Å². The second-order valence-corrected chi connectivity index (χ2v) is 15.2. The van der Waals surface area contributed by atoms with Gasteiger partial charge in [-0.1, -0.05) is 35.8 Å². The molecule has 2 bridgehead atoms. The molecule has 4 saturated carbocycles. The highest BCUT2D eigenvalue weighted by atomic mass is 79.9. The topological polar surface area (TPSA) is 95.5 Å². The third-order valence-electron chi connectivity index (χ3n) is 10.9. The number of cyclic esters (lactones) is 1. The number of hydrogen-bond donors (Lipinski definition) is 1. The van der Waals surface area contributed by atoms with Crippen molar-refractivity contribution < 1.29 is 19.0 Å². The monoisotopic (exact) mass is 677 g/mol. The number of ether oxygens (including phenoxy) is 3. The van der Waals surface area contributed by atoms with Crippen LogP contribution in [0, 0.1) is 29.1 Å². The molecule has 44 heavy (non-hydrogen) atoms. The van der Waals surface area contributed by atoms with Crippen LogP contribution in [0.2, 0.25) is 0 Å². The highest BCUT2D eigenvalue weighted by molar-refractivity contribution is 9.09. The molecule has 2 aromatic rings. The number of carbonyl (C=O) groups excluding carboxylic acids is 1. The van der Waals surface area contributed by atoms with Crippen molar-refractivity contribution in [3.8, 4) is 11.5 Å². The predicted octanol–water partition coefficient (Wildman–Crippen LogP) is 7.43. The molecule has 4 aliphatic carbocycles. The van der Waals surface area contributed by atoms with Crippen molar-refractivity contribution in [3.05, 3.63) is 59.3 Å². The van der Waals surface area contributed by atoms with Gasteiger partial charge in [0, 0.05) is 22.1 Å². The van der Waals surface area contributed by atoms with Crippen LogP contribution in [-0.4, -0.2) is 48.4 Å². The van der Waals surface area contributed by atoms with E-state index in [0.29, 0.717) is 28.2 Å². The first kappa shape index (κ1) is 29.9. The van der Waals surface area contributed by atoms with Gasteiger partial charge in [0.15, 0.2) is 5.54 Å². The number of benzene rings is 2. The Bertz CT molecular complexity index is 1580. The summed E-state index contributed by atoms with van der Waals surface area (Å²) in [6.45, 7) is 4.35. The van der Waals surface area contributed by atoms with Crippen molar-refractivity contribution in [2.24, 2.45) is 44.8 Å². The minimum Gasteiger partial charge on any atom is -0.496 e. The number of fused-ring (bicyclic) bond motifs is 3. The Kier molecular flexibility index (Phi) is 7.63. The zero-order valence-corrected chi connectivity index (χ0v) is 28.2. The Labute approximate surface area is 272 Å². The minimum atomic E-state index is -0.758. The van der Waals surface area contributed by atoms with Gasteiger partial charge in [-0.05, 0) is 103 Å². The van der Waals surface area contributed by atoms with Crippen molar-refractivity contribution in [1.82, 2.24) is 0 Å². The lowest BCUT2D eigenvalue weighted by molar-refractivity contribution is -0.238. The maximum absolute atomic E-state index is 13.5. The van der Waals surface area contributed by atoms with Crippen LogP contribution in [0.25, 0.3) is 0 Å². The number of alkyl halides is 1. The molecular formula is C35H40BrN3O4S. The first-order chi connectivity index (χ1) is 21.3. The number of methoxy groups -OCH3 is 2. The van der Waals surface area contributed by atoms with E-state index in [2.05, 4.69) is 48.0 Å². The standard InChI is InChI=1S/C35H40BrN3O4S/c1-19(2)23-16-22(44-12-6-11-36)9-10-25(23)38-26(31-27(41-3)7-5-8-28(31)42-4)17-24(37)32-39-35(33(40)43-32)29-14-20-13-21-15-30(35)34(21,29)18-20/h5,7-10,16-17,19-21,29-30H,6,11-15,18,37H2,1-4H3. The summed E-state index contributed by atoms with van der Waals surface area (Å²) in [5.41, 5.74) is 9.78. The Morgan fingerprint density at radius 1 is 1.18 bits per heavy atom. The van der Waals surface area contributed by atoms with Gasteiger partial charge in [0.05, 0.1) is 36.9 Å². The number of aliphatic imine (C=N–C) groups is 2. The highest BCUT2D eigenvalue weighted by Crippen LogP contribution is 2.85. The molecule has 0 aromatic heterocycles. The van der Waals surface area contributed by atoms with E-state index < -0.39 is 5.54 Å². The molecule has 9 heteroatoms. The smallest absolute Gasteiger partial charge is 0.341 e. The van der Waals surface area contributed by atoms with Gasteiger partial charge in [0.2, 0.25) is 5.90 Å². The average molecular weight is 679 g/mol. The lowest BCUT2D eigenvalue weighted by Crippen LogP contribution is -2.77. The van der Waals surface area contributed by atoms with Crippen molar-refractivity contribution in [1.29, 1.82) is 0 Å². The van der Waals surface area contributed by atoms with Crippen LogP contribution in [0.5, 0.6) is 11.5 Å². The van der Waals surface area contributed by atoms with Gasteiger partial charge >= 0.3 is 5.97 Å². The molecule has 4 fully saturated rings. The first-order valence-electron chi connectivity index (χ1n) is 15.7. The van der Waals surface area contributed by atoms with Crippen LogP contribution in [0.4, 0.5) is 5.69 Å². The molecule has 1 aliphatic heterocycles. The third kappa shape index (κ3) is 4.32. The van der Waals surface area contributed by atoms with E-state index in [9.17, 15) is 4.79 Å². The van der Waals surface area contributed by atoms with E-state index in [0.717, 1.165) is 53.4 Å². The fourth-order valence-electron chi connectivity index (χ4n) is 9.19. The summed E-state index contributed by atoms with van der Waals surface area (Å²) < 4.78 is 17.5. The summed E-state index contributed by atoms with van der Waals surface area (Å²) in [6, 6.07) is 12.0. The second kappa shape index (κ2) is 11.2. The fourth-order valence-corrected chi connectivity index (χ4v) is 10.7. The van der Waals surface area contributed by atoms with E-state index in [1.165, 1.54) is 17.7 Å². The Morgan fingerprint density at radius 3 is 2.61 bits per heavy atom. The van der Waals surface area contributed by atoms with E-state index >= 15 is 0 Å². The second-order valence-electron chi connectivity index (χ2n) is 13.2. The van der Waals surface area contributed by atoms with Crippen LogP contribution in [0.3, 0.4) is 0 Å². The fraction of sp³-hybridized carbons (Fsp3) is 0.514. The largest absolute Gasteiger partial charge is 0.496 e. The van der Waals surface area contributed by atoms with E-state index in [1.54, 1.807) is 20.3 Å². The molecule has 7 rings (SSSR count). The molecule has 6 atom stereocenters. The normalized spacial score (nSPS) is 31.5. The molecule has 6 unspecified atom stereocenters. The van der Waals surface area contributed by atoms with Crippen LogP contribution in [0.15, 0.2) is 63.1 Å². The van der Waals surface area contributed by atoms with Crippen LogP contribution >= 0.6 is 27.7 Å². The van der Waals surface area contributed by atoms with Gasteiger partial charge in [-0.3, -0.25) is 0 Å². The van der Waals surface area contributed by atoms with Crippen molar-refractivity contribution in [2.75, 3.05) is 25.3 Å². The van der Waals surface area contributed by atoms with Gasteiger partial charge in [-0.2, -0.15) is 0 Å². The first-order valence-corrected chi connectivity index (χ1v) is 17.8. The van der Waals surface area contributed by atoms with Gasteiger partial charge < -0.3 is 19.9 Å². The van der Waals surface area contributed by atoms with Crippen molar-refractivity contribution in [3.63, 3.8) is 0 Å². The van der Waals surface area contributed by atoms with Crippen LogP contribution in [0.1, 0.15) is 63.0 Å². The van der Waals surface area contributed by atoms with Gasteiger partial charge in [-0.15, -0.1) is 11.8 Å². The third-order valence-corrected chi connectivity index (χ3v) is 12.5. The molecule has 0 saturated heterocycles. The van der Waals surface area contributed by atoms with Crippen LogP contribution in [-0.2, 0) is 9.53 Å². The Balaban J connectivity index is 1.30. The number of rotatable bonds is 11. The molecule has 2 aromatic carbocycles. The lowest BCUT2D eigenvalue weighted by atomic mass is 9.31. The number of carbonyl (C=O) groups is 1. The number of halogens is 1. The molecule has 0 radical (unpaired) electrons. The predicted molar refractivity (Wildman–Crippen MR) is 179 cm³/mol. The molecule has 5 aliphatic rings. The molecule has 232 valence electrons. The SMILES string of the molecule is COc1cccc(OC)c1C(C=C(N)C1=NC2(C(=O)O1)C1CC3CC4CC2C41C3)=Nc1ccc(SCCCBr)cc1C(C)C. The van der Waals surface area contributed by atoms with Crippen LogP contribution < -0.4 is 15.2 Å². The summed E-state index contributed by atoms with van der Waals surface area (Å²) in [5, 5.41) is 0.988. The number of esters is 1. The molecule has 0 amide bonds. The number of nitrogens with zero attached hydrogens (tertiary/aromatic N) is 2. The van der Waals surface area contributed by atoms with Gasteiger partial charge in [-0.25, -0.2) is 14.8 Å². The molecule has 2 N–H and O–H groups in total. The zero-order valence-electron chi connectivity index (χ0n) is 25.8. The number of thioether (sulfide) groups is 1. The van der Waals surface area contributed by atoms with Crippen molar-refractivity contribution in [2.45, 2.75) is 62.3 Å². The van der Waals surface area contributed by atoms with E-state index in [1.807, 2.05) is 30.0 Å². The number of nitrogens with two attached hydrogens (primary N) is 1. The summed E-state index contributed by atoms with van der Waals surface area (Å²) in [6.07, 6.45) is 7.60. The lowest BCUT2D eigenvalue weighted by Gasteiger charge is -2.72. The molecular weight excluding hydrogens is 638 g/mol. The maximum atomic E-state index is 13.5. The summed E-state index contributed by atoms with van der Waals surface area (Å²) in [5.74, 6) is 4.55. The van der Waals surface area contributed by atoms with Gasteiger partial charge in [0.25, 0.3) is 0 Å². The number of allylic oxidation sites excluding steroid dienone is 1. The van der Waals surface area contributed by atoms with E-state index in [4.69, 9.17) is 29.9 Å². The number of hydrogen-bond acceptors (Lipinski definition) is 8. The summed E-state index contributed by atoms with van der Waals surface area (Å²) in [7, 11) is 3.25.